The van der Waals surface area contributed by atoms with E-state index in [0.29, 0.717) is 7.14 Å². The molecule has 1 rings (SSSR count). The van der Waals surface area contributed by atoms with Crippen LogP contribution in [0.1, 0.15) is 0 Å². The van der Waals surface area contributed by atoms with Gasteiger partial charge in [0.05, 0.1) is 7.14 Å². The van der Waals surface area contributed by atoms with Gasteiger partial charge in [0.25, 0.3) is 0 Å². The van der Waals surface area contributed by atoms with E-state index in [9.17, 15) is 9.59 Å². The second-order valence-corrected chi connectivity index (χ2v) is 4.67. The van der Waals surface area contributed by atoms with E-state index in [1.165, 1.54) is 17.0 Å². The van der Waals surface area contributed by atoms with Gasteiger partial charge in [0, 0.05) is 12.4 Å². The Morgan fingerprint density at radius 3 is 2.23 bits per heavy atom. The van der Waals surface area contributed by atoms with E-state index in [4.69, 9.17) is 5.11 Å². The average Bonchev–Trinajstić information content (AvgIpc) is 1.98. The van der Waals surface area contributed by atoms with Gasteiger partial charge in [-0.3, -0.25) is 9.59 Å². The summed E-state index contributed by atoms with van der Waals surface area (Å²) in [6.07, 6.45) is 3.05. The standard InChI is InChI=1S/C7H5I2NO3/c8-4-1-10(3-6(11)12)2-5(9)7(4)13/h1-2H,3H2,(H,11,12)/i8+4,9+4. The fourth-order valence-corrected chi connectivity index (χ4v) is 2.62. The number of nitrogens with zero attached hydrogens (tertiary/aromatic N) is 1. The van der Waals surface area contributed by atoms with Crippen LogP contribution < -0.4 is 5.43 Å². The van der Waals surface area contributed by atoms with Crippen LogP contribution in [0.5, 0.6) is 0 Å². The quantitative estimate of drug-likeness (QED) is 0.741. The van der Waals surface area contributed by atoms with Crippen LogP contribution in [0.3, 0.4) is 0 Å². The molecule has 0 aliphatic rings. The van der Waals surface area contributed by atoms with Gasteiger partial charge in [0.2, 0.25) is 5.43 Å². The number of carbonyl (C=O) groups is 1. The molecule has 0 aliphatic heterocycles. The minimum Gasteiger partial charge on any atom is -0.480 e. The van der Waals surface area contributed by atoms with Crippen molar-refractivity contribution in [1.82, 2.24) is 4.57 Å². The number of hydrogen-bond acceptors (Lipinski definition) is 2. The highest BCUT2D eigenvalue weighted by Crippen LogP contribution is 2.03. The molecule has 1 aromatic heterocycles. The predicted octanol–water partition coefficient (Wildman–Crippen LogP) is 1.14. The lowest BCUT2D eigenvalue weighted by atomic mass is 10.4. The van der Waals surface area contributed by atoms with Crippen molar-refractivity contribution in [3.05, 3.63) is 29.8 Å². The summed E-state index contributed by atoms with van der Waals surface area (Å²) in [6, 6.07) is 0. The number of halogens is 2. The maximum absolute atomic E-state index is 11.2. The van der Waals surface area contributed by atoms with Crippen molar-refractivity contribution < 1.29 is 9.90 Å². The topological polar surface area (TPSA) is 59.3 Å². The monoisotopic (exact) mass is 413 g/mol. The van der Waals surface area contributed by atoms with Gasteiger partial charge in [-0.15, -0.1) is 0 Å². The Hall–Kier alpha value is -0.120. The number of pyridine rings is 1. The lowest BCUT2D eigenvalue weighted by Crippen LogP contribution is -2.16. The third kappa shape index (κ3) is 2.93. The van der Waals surface area contributed by atoms with Crippen LogP contribution >= 0.6 is 45.2 Å². The summed E-state index contributed by atoms with van der Waals surface area (Å²) in [5, 5.41) is 8.51. The van der Waals surface area contributed by atoms with Gasteiger partial charge in [0.1, 0.15) is 6.54 Å². The Morgan fingerprint density at radius 1 is 1.38 bits per heavy atom. The minimum atomic E-state index is -0.921. The molecule has 0 radical (unpaired) electrons. The molecule has 0 aliphatic carbocycles. The molecule has 0 unspecified atom stereocenters. The number of hydrogen-bond donors (Lipinski definition) is 1. The number of aromatic nitrogens is 1. The molecular weight excluding hydrogens is 408 g/mol. The summed E-state index contributed by atoms with van der Waals surface area (Å²) in [7, 11) is 0. The van der Waals surface area contributed by atoms with Crippen molar-refractivity contribution in [1.29, 1.82) is 0 Å². The fraction of sp³-hybridized carbons (Fsp3) is 0.143. The summed E-state index contributed by atoms with van der Waals surface area (Å²) < 4.78 is 2.55. The maximum Gasteiger partial charge on any atom is 0.323 e. The van der Waals surface area contributed by atoms with E-state index in [2.05, 4.69) is 0 Å². The molecule has 1 N–H and O–H groups in total. The molecule has 0 bridgehead atoms. The third-order valence-electron chi connectivity index (χ3n) is 1.31. The molecule has 0 atom stereocenters. The second kappa shape index (κ2) is 4.40. The zero-order valence-corrected chi connectivity index (χ0v) is 10.6. The van der Waals surface area contributed by atoms with Crippen LogP contribution in [-0.4, -0.2) is 15.6 Å². The van der Waals surface area contributed by atoms with Gasteiger partial charge in [-0.1, -0.05) is 0 Å². The molecule has 1 aromatic rings. The van der Waals surface area contributed by atoms with Crippen molar-refractivity contribution in [3.63, 3.8) is 0 Å². The number of carboxylic acids is 1. The Kier molecular flexibility index (Phi) is 3.71. The Labute approximate surface area is 101 Å². The average molecular weight is 413 g/mol. The molecule has 6 heteroatoms. The molecule has 1 heterocycles. The SMILES string of the molecule is O=C(O)Cn1cc([131I])c(=O)c([131I])c1. The molecule has 0 saturated heterocycles. The molecule has 70 valence electrons. The lowest BCUT2D eigenvalue weighted by Gasteiger charge is -2.03. The first-order valence-corrected chi connectivity index (χ1v) is 5.43. The molecule has 0 spiro atoms. The number of rotatable bonds is 2. The summed E-state index contributed by atoms with van der Waals surface area (Å²) in [5.41, 5.74) is -0.0529. The number of carboxylic acid groups (broad SMARTS) is 1. The third-order valence-corrected chi connectivity index (χ3v) is 2.85. The molecule has 0 aromatic carbocycles. The first-order chi connectivity index (χ1) is 6.00. The van der Waals surface area contributed by atoms with Crippen molar-refractivity contribution >= 4 is 51.2 Å². The zero-order chi connectivity index (χ0) is 10.0. The van der Waals surface area contributed by atoms with Crippen LogP contribution in [0.2, 0.25) is 0 Å². The molecule has 0 fully saturated rings. The van der Waals surface area contributed by atoms with E-state index in [1.54, 1.807) is 0 Å². The van der Waals surface area contributed by atoms with Crippen LogP contribution in [0.15, 0.2) is 17.2 Å². The van der Waals surface area contributed by atoms with Gasteiger partial charge in [-0.05, 0) is 45.2 Å². The highest BCUT2D eigenvalue weighted by molar-refractivity contribution is 14.1. The van der Waals surface area contributed by atoms with E-state index in [-0.39, 0.29) is 12.0 Å². The normalized spacial score (nSPS) is 10.0. The van der Waals surface area contributed by atoms with Crippen molar-refractivity contribution in [3.8, 4) is 0 Å². The summed E-state index contributed by atoms with van der Waals surface area (Å²) in [5.74, 6) is -0.921. The molecule has 13 heavy (non-hydrogen) atoms. The summed E-state index contributed by atoms with van der Waals surface area (Å²) in [6.45, 7) is -0.119. The van der Waals surface area contributed by atoms with Crippen LogP contribution in [-0.2, 0) is 11.3 Å². The van der Waals surface area contributed by atoms with E-state index >= 15 is 0 Å². The summed E-state index contributed by atoms with van der Waals surface area (Å²) in [4.78, 5) is 21.6. The first-order valence-electron chi connectivity index (χ1n) is 3.27. The van der Waals surface area contributed by atoms with Crippen molar-refractivity contribution in [2.45, 2.75) is 6.54 Å². The van der Waals surface area contributed by atoms with Gasteiger partial charge in [-0.25, -0.2) is 0 Å². The Balaban J connectivity index is 3.13. The van der Waals surface area contributed by atoms with Gasteiger partial charge < -0.3 is 9.67 Å². The number of aliphatic carboxylic acids is 1. The highest BCUT2D eigenvalue weighted by atomic mass is 131. The minimum absolute atomic E-state index is 0.0529. The Bertz CT molecular complexity index is 373. The molecule has 4 nitrogen and oxygen atoms in total. The highest BCUT2D eigenvalue weighted by Gasteiger charge is 2.04. The van der Waals surface area contributed by atoms with E-state index in [0.717, 1.165) is 0 Å². The van der Waals surface area contributed by atoms with Crippen molar-refractivity contribution in [2.75, 3.05) is 0 Å². The van der Waals surface area contributed by atoms with Crippen LogP contribution in [0, 0.1) is 7.14 Å². The van der Waals surface area contributed by atoms with E-state index in [1.807, 2.05) is 45.2 Å². The fourth-order valence-electron chi connectivity index (χ4n) is 0.807. The predicted molar refractivity (Wildman–Crippen MR) is 63.8 cm³/mol. The molecular formula is C7H5I2NO3. The Morgan fingerprint density at radius 2 is 1.85 bits per heavy atom. The smallest absolute Gasteiger partial charge is 0.323 e. The lowest BCUT2D eigenvalue weighted by molar-refractivity contribution is -0.137. The summed E-state index contributed by atoms with van der Waals surface area (Å²) >= 11 is 3.78. The maximum atomic E-state index is 11.2. The first kappa shape index (κ1) is 11.0. The van der Waals surface area contributed by atoms with Gasteiger partial charge in [-0.2, -0.15) is 0 Å². The second-order valence-electron chi connectivity index (χ2n) is 2.35. The van der Waals surface area contributed by atoms with Crippen LogP contribution in [0.4, 0.5) is 0 Å². The van der Waals surface area contributed by atoms with Crippen molar-refractivity contribution in [2.24, 2.45) is 0 Å². The zero-order valence-electron chi connectivity index (χ0n) is 6.33. The molecule has 0 amide bonds. The van der Waals surface area contributed by atoms with Gasteiger partial charge >= 0.3 is 5.97 Å². The van der Waals surface area contributed by atoms with Crippen LogP contribution in [0.25, 0.3) is 0 Å². The largest absolute Gasteiger partial charge is 0.480 e. The van der Waals surface area contributed by atoms with E-state index < -0.39 is 5.97 Å². The molecule has 0 saturated carbocycles. The van der Waals surface area contributed by atoms with Gasteiger partial charge in [0.15, 0.2) is 0 Å².